The monoisotopic (exact) mass is 365 g/mol. The van der Waals surface area contributed by atoms with Gasteiger partial charge in [0.05, 0.1) is 11.3 Å². The maximum Gasteiger partial charge on any atom is 0.180 e. The summed E-state index contributed by atoms with van der Waals surface area (Å²) in [7, 11) is 0. The Bertz CT molecular complexity index is 827. The van der Waals surface area contributed by atoms with E-state index in [1.807, 2.05) is 18.2 Å². The standard InChI is InChI=1S/C21H27N5O/c27-21-8-3-1-5-15(21)14-26(12-9-21)20-16-7-11-22-13-18(16)24-19(25-20)17-6-2-4-10-23-17/h2,4,6,10,15,22,27H,1,3,5,7-9,11-14H2/t15-,21-/m0/s1. The Morgan fingerprint density at radius 3 is 3.04 bits per heavy atom. The van der Waals surface area contributed by atoms with Gasteiger partial charge in [-0.2, -0.15) is 0 Å². The van der Waals surface area contributed by atoms with Gasteiger partial charge in [0, 0.05) is 37.3 Å². The van der Waals surface area contributed by atoms with Crippen LogP contribution in [0.15, 0.2) is 24.4 Å². The van der Waals surface area contributed by atoms with Gasteiger partial charge in [-0.05, 0) is 44.4 Å². The zero-order valence-corrected chi connectivity index (χ0v) is 15.7. The summed E-state index contributed by atoms with van der Waals surface area (Å²) >= 11 is 0. The Balaban J connectivity index is 1.53. The van der Waals surface area contributed by atoms with Crippen LogP contribution in [-0.2, 0) is 13.0 Å². The topological polar surface area (TPSA) is 74.2 Å². The molecule has 1 saturated heterocycles. The van der Waals surface area contributed by atoms with Gasteiger partial charge >= 0.3 is 0 Å². The predicted octanol–water partition coefficient (Wildman–Crippen LogP) is 2.32. The summed E-state index contributed by atoms with van der Waals surface area (Å²) in [6, 6.07) is 5.86. The predicted molar refractivity (Wildman–Crippen MR) is 104 cm³/mol. The molecule has 6 heteroatoms. The van der Waals surface area contributed by atoms with Crippen molar-refractivity contribution < 1.29 is 5.11 Å². The third-order valence-corrected chi connectivity index (χ3v) is 6.54. The molecule has 0 unspecified atom stereocenters. The number of nitrogens with one attached hydrogen (secondary N) is 1. The van der Waals surface area contributed by atoms with Gasteiger partial charge in [0.2, 0.25) is 0 Å². The Morgan fingerprint density at radius 2 is 2.15 bits per heavy atom. The molecule has 1 aliphatic carbocycles. The number of anilines is 1. The Morgan fingerprint density at radius 1 is 1.19 bits per heavy atom. The number of pyridine rings is 1. The van der Waals surface area contributed by atoms with Crippen molar-refractivity contribution in [1.82, 2.24) is 20.3 Å². The summed E-state index contributed by atoms with van der Waals surface area (Å²) in [5.74, 6) is 2.12. The molecule has 4 heterocycles. The molecule has 6 nitrogen and oxygen atoms in total. The van der Waals surface area contributed by atoms with Gasteiger partial charge in [0.1, 0.15) is 11.5 Å². The molecule has 2 atom stereocenters. The van der Waals surface area contributed by atoms with Crippen LogP contribution in [0.25, 0.3) is 11.5 Å². The zero-order chi connectivity index (χ0) is 18.3. The molecule has 0 bridgehead atoms. The van der Waals surface area contributed by atoms with Crippen LogP contribution in [0.3, 0.4) is 0 Å². The molecule has 142 valence electrons. The summed E-state index contributed by atoms with van der Waals surface area (Å²) in [5.41, 5.74) is 2.72. The van der Waals surface area contributed by atoms with Crippen molar-refractivity contribution in [3.05, 3.63) is 35.7 Å². The Kier molecular flexibility index (Phi) is 4.32. The van der Waals surface area contributed by atoms with Crippen LogP contribution in [0.5, 0.6) is 0 Å². The summed E-state index contributed by atoms with van der Waals surface area (Å²) in [6.07, 6.45) is 8.05. The molecule has 0 radical (unpaired) electrons. The number of hydrogen-bond acceptors (Lipinski definition) is 6. The van der Waals surface area contributed by atoms with E-state index in [0.717, 1.165) is 75.5 Å². The summed E-state index contributed by atoms with van der Waals surface area (Å²) in [4.78, 5) is 16.7. The molecule has 0 amide bonds. The molecule has 3 aliphatic rings. The van der Waals surface area contributed by atoms with E-state index in [2.05, 4.69) is 15.2 Å². The average molecular weight is 365 g/mol. The van der Waals surface area contributed by atoms with Gasteiger partial charge < -0.3 is 15.3 Å². The SMILES string of the molecule is O[C@]12CCCC[C@H]1CN(c1nc(-c3ccccn3)nc3c1CCNC3)CC2. The molecule has 5 rings (SSSR count). The Labute approximate surface area is 160 Å². The van der Waals surface area contributed by atoms with E-state index in [4.69, 9.17) is 9.97 Å². The second-order valence-corrected chi connectivity index (χ2v) is 8.18. The van der Waals surface area contributed by atoms with Crippen LogP contribution in [0.4, 0.5) is 5.82 Å². The van der Waals surface area contributed by atoms with E-state index in [1.54, 1.807) is 6.20 Å². The molecule has 2 N–H and O–H groups in total. The first-order valence-electron chi connectivity index (χ1n) is 10.2. The van der Waals surface area contributed by atoms with Crippen molar-refractivity contribution in [3.8, 4) is 11.5 Å². The lowest BCUT2D eigenvalue weighted by Crippen LogP contribution is -2.54. The fraction of sp³-hybridized carbons (Fsp3) is 0.571. The summed E-state index contributed by atoms with van der Waals surface area (Å²) < 4.78 is 0. The zero-order valence-electron chi connectivity index (χ0n) is 15.7. The number of aromatic nitrogens is 3. The maximum atomic E-state index is 11.0. The van der Waals surface area contributed by atoms with E-state index < -0.39 is 5.60 Å². The van der Waals surface area contributed by atoms with Crippen LogP contribution in [-0.4, -0.2) is 45.3 Å². The lowest BCUT2D eigenvalue weighted by atomic mass is 9.71. The highest BCUT2D eigenvalue weighted by Crippen LogP contribution is 2.41. The largest absolute Gasteiger partial charge is 0.389 e. The lowest BCUT2D eigenvalue weighted by Gasteiger charge is -2.48. The fourth-order valence-corrected chi connectivity index (χ4v) is 4.97. The van der Waals surface area contributed by atoms with E-state index in [1.165, 1.54) is 12.0 Å². The highest BCUT2D eigenvalue weighted by molar-refractivity contribution is 5.58. The van der Waals surface area contributed by atoms with Gasteiger partial charge in [-0.1, -0.05) is 18.9 Å². The van der Waals surface area contributed by atoms with Crippen molar-refractivity contribution >= 4 is 5.82 Å². The molecule has 1 saturated carbocycles. The minimum Gasteiger partial charge on any atom is -0.389 e. The average Bonchev–Trinajstić information content (AvgIpc) is 2.73. The van der Waals surface area contributed by atoms with Gasteiger partial charge in [-0.15, -0.1) is 0 Å². The normalized spacial score (nSPS) is 27.7. The number of nitrogens with zero attached hydrogens (tertiary/aromatic N) is 4. The molecule has 0 spiro atoms. The van der Waals surface area contributed by atoms with Gasteiger partial charge in [-0.25, -0.2) is 9.97 Å². The first-order valence-corrected chi connectivity index (χ1v) is 10.2. The van der Waals surface area contributed by atoms with Crippen LogP contribution >= 0.6 is 0 Å². The van der Waals surface area contributed by atoms with Crippen LogP contribution in [0.2, 0.25) is 0 Å². The van der Waals surface area contributed by atoms with E-state index >= 15 is 0 Å². The summed E-state index contributed by atoms with van der Waals surface area (Å²) in [5, 5.41) is 14.5. The van der Waals surface area contributed by atoms with Crippen molar-refractivity contribution in [2.24, 2.45) is 5.92 Å². The highest BCUT2D eigenvalue weighted by atomic mass is 16.3. The molecule has 0 aromatic carbocycles. The molecule has 2 fully saturated rings. The van der Waals surface area contributed by atoms with E-state index in [9.17, 15) is 5.11 Å². The molecular formula is C21H27N5O. The lowest BCUT2D eigenvalue weighted by molar-refractivity contribution is -0.0613. The molecule has 2 aromatic rings. The number of fused-ring (bicyclic) bond motifs is 2. The maximum absolute atomic E-state index is 11.0. The molecule has 2 aliphatic heterocycles. The number of hydrogen-bond donors (Lipinski definition) is 2. The smallest absolute Gasteiger partial charge is 0.180 e. The minimum atomic E-state index is -0.465. The molecule has 2 aromatic heterocycles. The van der Waals surface area contributed by atoms with Gasteiger partial charge in [0.15, 0.2) is 5.82 Å². The number of aliphatic hydroxyl groups is 1. The second kappa shape index (κ2) is 6.84. The van der Waals surface area contributed by atoms with Crippen LogP contribution < -0.4 is 10.2 Å². The highest BCUT2D eigenvalue weighted by Gasteiger charge is 2.43. The van der Waals surface area contributed by atoms with Crippen LogP contribution in [0, 0.1) is 5.92 Å². The van der Waals surface area contributed by atoms with E-state index in [0.29, 0.717) is 11.7 Å². The first kappa shape index (κ1) is 17.1. The van der Waals surface area contributed by atoms with E-state index in [-0.39, 0.29) is 0 Å². The summed E-state index contributed by atoms with van der Waals surface area (Å²) in [6.45, 7) is 3.51. The molecular weight excluding hydrogens is 338 g/mol. The minimum absolute atomic E-state index is 0.352. The van der Waals surface area contributed by atoms with Crippen molar-refractivity contribution in [1.29, 1.82) is 0 Å². The third kappa shape index (κ3) is 3.11. The number of rotatable bonds is 2. The quantitative estimate of drug-likeness (QED) is 0.851. The van der Waals surface area contributed by atoms with Crippen molar-refractivity contribution in [2.75, 3.05) is 24.5 Å². The van der Waals surface area contributed by atoms with Crippen LogP contribution in [0.1, 0.15) is 43.4 Å². The first-order chi connectivity index (χ1) is 13.2. The third-order valence-electron chi connectivity index (χ3n) is 6.54. The fourth-order valence-electron chi connectivity index (χ4n) is 4.97. The Hall–Kier alpha value is -2.05. The second-order valence-electron chi connectivity index (χ2n) is 8.18. The molecule has 27 heavy (non-hydrogen) atoms. The van der Waals surface area contributed by atoms with Gasteiger partial charge in [0.25, 0.3) is 0 Å². The number of piperidine rings is 1. The van der Waals surface area contributed by atoms with Gasteiger partial charge in [-0.3, -0.25) is 4.98 Å². The van der Waals surface area contributed by atoms with Crippen molar-refractivity contribution in [2.45, 2.75) is 50.7 Å². The van der Waals surface area contributed by atoms with Crippen molar-refractivity contribution in [3.63, 3.8) is 0 Å².